The number of carbonyl (C=O) groups excluding carboxylic acids is 1. The molecule has 0 spiro atoms. The van der Waals surface area contributed by atoms with Crippen molar-refractivity contribution >= 4 is 50.1 Å². The largest absolute Gasteiger partial charge is 0.377 e. The van der Waals surface area contributed by atoms with Crippen LogP contribution >= 0.6 is 11.6 Å². The number of anilines is 2. The molecule has 2 aliphatic rings. The highest BCUT2D eigenvalue weighted by atomic mass is 35.5. The zero-order chi connectivity index (χ0) is 31.0. The van der Waals surface area contributed by atoms with Crippen LogP contribution in [0.3, 0.4) is 0 Å². The highest BCUT2D eigenvalue weighted by Gasteiger charge is 2.57. The number of nitrogens with zero attached hydrogens (tertiary/aromatic N) is 6. The van der Waals surface area contributed by atoms with Gasteiger partial charge in [-0.25, -0.2) is 23.1 Å². The second kappa shape index (κ2) is 10.3. The average Bonchev–Trinajstić information content (AvgIpc) is 3.21. The molecule has 2 N–H and O–H groups in total. The first-order chi connectivity index (χ1) is 20.2. The van der Waals surface area contributed by atoms with Gasteiger partial charge in [0.2, 0.25) is 16.0 Å². The Bertz CT molecular complexity index is 1960. The minimum Gasteiger partial charge on any atom is -0.377 e. The van der Waals surface area contributed by atoms with Crippen LogP contribution in [0.5, 0.6) is 0 Å². The van der Waals surface area contributed by atoms with Gasteiger partial charge in [0.25, 0.3) is 11.5 Å². The molecule has 1 saturated heterocycles. The molecule has 1 aliphatic heterocycles. The van der Waals surface area contributed by atoms with Gasteiger partial charge in [0, 0.05) is 38.9 Å². The van der Waals surface area contributed by atoms with Crippen molar-refractivity contribution in [3.63, 3.8) is 0 Å². The van der Waals surface area contributed by atoms with Crippen LogP contribution < -0.4 is 20.5 Å². The molecule has 1 aromatic carbocycles. The van der Waals surface area contributed by atoms with Gasteiger partial charge in [-0.15, -0.1) is 0 Å². The molecule has 0 bridgehead atoms. The summed E-state index contributed by atoms with van der Waals surface area (Å²) in [5.41, 5.74) is 4.55. The zero-order valence-corrected chi connectivity index (χ0v) is 26.3. The van der Waals surface area contributed by atoms with E-state index in [1.165, 1.54) is 11.6 Å². The van der Waals surface area contributed by atoms with Gasteiger partial charge in [-0.1, -0.05) is 17.7 Å². The number of benzene rings is 1. The first kappa shape index (κ1) is 29.1. The number of pyridine rings is 1. The topological polar surface area (TPSA) is 144 Å². The van der Waals surface area contributed by atoms with Crippen molar-refractivity contribution in [2.75, 3.05) is 29.6 Å². The Balaban J connectivity index is 1.33. The molecule has 6 rings (SSSR count). The fourth-order valence-electron chi connectivity index (χ4n) is 6.50. The second-order valence-electron chi connectivity index (χ2n) is 11.7. The van der Waals surface area contributed by atoms with Crippen LogP contribution in [-0.4, -0.2) is 58.0 Å². The van der Waals surface area contributed by atoms with E-state index in [0.717, 1.165) is 36.2 Å². The lowest BCUT2D eigenvalue weighted by molar-refractivity contribution is 0.0977. The molecule has 1 amide bonds. The third kappa shape index (κ3) is 5.35. The summed E-state index contributed by atoms with van der Waals surface area (Å²) in [5.74, 6) is 1.16. The molecule has 43 heavy (non-hydrogen) atoms. The van der Waals surface area contributed by atoms with E-state index in [9.17, 15) is 18.0 Å². The molecule has 4 atom stereocenters. The average molecular weight is 625 g/mol. The van der Waals surface area contributed by atoms with Crippen molar-refractivity contribution in [1.82, 2.24) is 29.0 Å². The molecular formula is C29H33ClN8O4S. The molecule has 4 aromatic rings. The van der Waals surface area contributed by atoms with E-state index in [4.69, 9.17) is 16.6 Å². The molecule has 2 fully saturated rings. The maximum atomic E-state index is 13.7. The number of aryl methyl sites for hydroxylation is 3. The predicted octanol–water partition coefficient (Wildman–Crippen LogP) is 3.04. The van der Waals surface area contributed by atoms with Crippen molar-refractivity contribution in [2.45, 2.75) is 32.7 Å². The van der Waals surface area contributed by atoms with Gasteiger partial charge in [0.05, 0.1) is 34.6 Å². The quantitative estimate of drug-likeness (QED) is 0.296. The number of nitrogens with one attached hydrogen (secondary N) is 2. The van der Waals surface area contributed by atoms with Gasteiger partial charge in [-0.2, -0.15) is 5.10 Å². The van der Waals surface area contributed by atoms with Crippen molar-refractivity contribution in [1.29, 1.82) is 0 Å². The SMILES string of the molecule is Cc1cc([C@@H](C)Nc2ccc(Cl)nc2C(=O)NS(C)(=O)=O)c2nc(N3C[C@@H]4C(c5cn(C)nc5C)[C@@H]4C3)n(C)c(=O)c2c1. The van der Waals surface area contributed by atoms with Crippen molar-refractivity contribution < 1.29 is 13.2 Å². The second-order valence-corrected chi connectivity index (χ2v) is 13.9. The first-order valence-electron chi connectivity index (χ1n) is 13.9. The van der Waals surface area contributed by atoms with Crippen molar-refractivity contribution in [3.05, 3.63) is 74.0 Å². The van der Waals surface area contributed by atoms with E-state index in [1.807, 2.05) is 42.4 Å². The van der Waals surface area contributed by atoms with Gasteiger partial charge in [0.15, 0.2) is 5.69 Å². The lowest BCUT2D eigenvalue weighted by Crippen LogP contribution is -2.32. The van der Waals surface area contributed by atoms with Crippen LogP contribution in [0.15, 0.2) is 35.3 Å². The van der Waals surface area contributed by atoms with Crippen LogP contribution in [-0.2, 0) is 24.1 Å². The first-order valence-corrected chi connectivity index (χ1v) is 16.2. The Labute approximate surface area is 254 Å². The fraction of sp³-hybridized carbons (Fsp3) is 0.414. The summed E-state index contributed by atoms with van der Waals surface area (Å²) in [6.07, 6.45) is 3.00. The molecular weight excluding hydrogens is 592 g/mol. The highest BCUT2D eigenvalue weighted by Crippen LogP contribution is 2.59. The summed E-state index contributed by atoms with van der Waals surface area (Å²) >= 11 is 6.04. The Hall–Kier alpha value is -3.97. The molecule has 226 valence electrons. The van der Waals surface area contributed by atoms with Crippen LogP contribution in [0.25, 0.3) is 10.9 Å². The highest BCUT2D eigenvalue weighted by molar-refractivity contribution is 7.89. The molecule has 12 nitrogen and oxygen atoms in total. The van der Waals surface area contributed by atoms with Gasteiger partial charge >= 0.3 is 0 Å². The number of halogens is 1. The van der Waals surface area contributed by atoms with E-state index in [0.29, 0.717) is 34.6 Å². The normalized spacial score (nSPS) is 20.3. The molecule has 1 saturated carbocycles. The number of sulfonamides is 1. The number of carbonyl (C=O) groups is 1. The molecule has 0 radical (unpaired) electrons. The molecule has 14 heteroatoms. The van der Waals surface area contributed by atoms with Gasteiger partial charge in [-0.05, 0) is 67.9 Å². The fourth-order valence-corrected chi connectivity index (χ4v) is 7.08. The van der Waals surface area contributed by atoms with E-state index in [1.54, 1.807) is 17.7 Å². The maximum absolute atomic E-state index is 13.7. The number of hydrogen-bond donors (Lipinski definition) is 2. The van der Waals surface area contributed by atoms with Gasteiger partial charge < -0.3 is 10.2 Å². The Morgan fingerprint density at radius 2 is 1.81 bits per heavy atom. The standard InChI is InChI=1S/C29H33ClN8O4S/c1-14-9-17(15(2)31-22-7-8-23(30)32-26(22)27(39)35-43(6,41)42)25-18(10-14)28(40)37(5)29(33-25)38-12-20-21(13-38)24(20)19-11-36(4)34-16(19)3/h7-11,15,20-21,24,31H,12-13H2,1-6H3,(H,35,39)/t15-,20-,21+,24?/m1/s1. The summed E-state index contributed by atoms with van der Waals surface area (Å²) in [7, 11) is -0.125. The number of piperidine rings is 1. The lowest BCUT2D eigenvalue weighted by Gasteiger charge is -2.25. The van der Waals surface area contributed by atoms with Crippen molar-refractivity contribution in [3.8, 4) is 0 Å². The number of rotatable bonds is 7. The minimum absolute atomic E-state index is 0.0391. The van der Waals surface area contributed by atoms with Crippen LogP contribution in [0.2, 0.25) is 5.15 Å². The summed E-state index contributed by atoms with van der Waals surface area (Å²) < 4.78 is 28.8. The molecule has 3 aromatic heterocycles. The van der Waals surface area contributed by atoms with E-state index < -0.39 is 22.0 Å². The van der Waals surface area contributed by atoms with Crippen LogP contribution in [0.4, 0.5) is 11.6 Å². The zero-order valence-electron chi connectivity index (χ0n) is 24.7. The predicted molar refractivity (Wildman–Crippen MR) is 165 cm³/mol. The Morgan fingerprint density at radius 1 is 1.12 bits per heavy atom. The van der Waals surface area contributed by atoms with E-state index in [-0.39, 0.29) is 22.1 Å². The Morgan fingerprint density at radius 3 is 2.44 bits per heavy atom. The smallest absolute Gasteiger partial charge is 0.285 e. The summed E-state index contributed by atoms with van der Waals surface area (Å²) in [6, 6.07) is 6.43. The van der Waals surface area contributed by atoms with Crippen LogP contribution in [0.1, 0.15) is 51.8 Å². The monoisotopic (exact) mass is 624 g/mol. The van der Waals surface area contributed by atoms with Crippen molar-refractivity contribution in [2.24, 2.45) is 25.9 Å². The number of aromatic nitrogens is 5. The number of hydrogen-bond acceptors (Lipinski definition) is 9. The molecule has 4 heterocycles. The lowest BCUT2D eigenvalue weighted by atomic mass is 10.0. The van der Waals surface area contributed by atoms with Gasteiger partial charge in [0.1, 0.15) is 5.15 Å². The number of amides is 1. The maximum Gasteiger partial charge on any atom is 0.285 e. The molecule has 1 aliphatic carbocycles. The van der Waals surface area contributed by atoms with Gasteiger partial charge in [-0.3, -0.25) is 18.8 Å². The van der Waals surface area contributed by atoms with Crippen LogP contribution in [0, 0.1) is 25.7 Å². The van der Waals surface area contributed by atoms with E-state index >= 15 is 0 Å². The van der Waals surface area contributed by atoms with E-state index in [2.05, 4.69) is 33.4 Å². The third-order valence-electron chi connectivity index (χ3n) is 8.41. The Kier molecular flexibility index (Phi) is 7.00. The third-order valence-corrected chi connectivity index (χ3v) is 9.18. The summed E-state index contributed by atoms with van der Waals surface area (Å²) in [5, 5.41) is 8.31. The number of fused-ring (bicyclic) bond motifs is 2. The summed E-state index contributed by atoms with van der Waals surface area (Å²) in [4.78, 5) is 37.7. The summed E-state index contributed by atoms with van der Waals surface area (Å²) in [6.45, 7) is 7.45. The minimum atomic E-state index is -3.83. The molecule has 1 unspecified atom stereocenters.